The molecule has 0 aliphatic rings. The Balaban J connectivity index is 2.02. The van der Waals surface area contributed by atoms with E-state index in [4.69, 9.17) is 4.74 Å². The fraction of sp³-hybridized carbons (Fsp3) is 0.188. The van der Waals surface area contributed by atoms with Crippen LogP contribution >= 0.6 is 0 Å². The van der Waals surface area contributed by atoms with E-state index in [0.717, 1.165) is 0 Å². The second kappa shape index (κ2) is 7.26. The molecular weight excluding hydrogens is 316 g/mol. The predicted octanol–water partition coefficient (Wildman–Crippen LogP) is 2.00. The standard InChI is InChI=1S/C16H18N2O4S/c1-12(18-23(20,21)15-6-4-3-5-7-15)16(19)17-13-8-10-14(22-2)11-9-13/h3-12,18H,1-2H3,(H,17,19)/t12-/m0/s1. The number of ether oxygens (including phenoxy) is 1. The van der Waals surface area contributed by atoms with E-state index in [2.05, 4.69) is 10.0 Å². The van der Waals surface area contributed by atoms with Crippen molar-refractivity contribution in [1.82, 2.24) is 4.72 Å². The second-order valence-corrected chi connectivity index (χ2v) is 6.59. The lowest BCUT2D eigenvalue weighted by Gasteiger charge is -2.14. The van der Waals surface area contributed by atoms with Gasteiger partial charge in [-0.15, -0.1) is 0 Å². The Labute approximate surface area is 135 Å². The molecule has 0 fully saturated rings. The molecule has 0 aliphatic carbocycles. The lowest BCUT2D eigenvalue weighted by molar-refractivity contribution is -0.117. The van der Waals surface area contributed by atoms with Gasteiger partial charge in [0.2, 0.25) is 15.9 Å². The SMILES string of the molecule is COc1ccc(NC(=O)[C@H](C)NS(=O)(=O)c2ccccc2)cc1. The highest BCUT2D eigenvalue weighted by atomic mass is 32.2. The smallest absolute Gasteiger partial charge is 0.242 e. The fourth-order valence-corrected chi connectivity index (χ4v) is 3.10. The van der Waals surface area contributed by atoms with Crippen LogP contribution in [0, 0.1) is 0 Å². The number of rotatable bonds is 6. The zero-order valence-electron chi connectivity index (χ0n) is 12.8. The van der Waals surface area contributed by atoms with Crippen LogP contribution in [-0.2, 0) is 14.8 Å². The summed E-state index contributed by atoms with van der Waals surface area (Å²) < 4.78 is 31.7. The molecule has 7 heteroatoms. The topological polar surface area (TPSA) is 84.5 Å². The average molecular weight is 334 g/mol. The highest BCUT2D eigenvalue weighted by Gasteiger charge is 2.21. The van der Waals surface area contributed by atoms with Crippen LogP contribution in [0.5, 0.6) is 5.75 Å². The molecule has 0 saturated carbocycles. The molecule has 1 amide bonds. The van der Waals surface area contributed by atoms with Gasteiger partial charge in [-0.05, 0) is 43.3 Å². The normalized spacial score (nSPS) is 12.4. The molecule has 2 aromatic carbocycles. The van der Waals surface area contributed by atoms with Crippen molar-refractivity contribution in [2.75, 3.05) is 12.4 Å². The Bertz CT molecular complexity index is 758. The minimum Gasteiger partial charge on any atom is -0.497 e. The monoisotopic (exact) mass is 334 g/mol. The van der Waals surface area contributed by atoms with Gasteiger partial charge in [0.05, 0.1) is 18.0 Å². The minimum atomic E-state index is -3.74. The molecule has 1 atom stereocenters. The number of hydrogen-bond donors (Lipinski definition) is 2. The molecule has 0 radical (unpaired) electrons. The minimum absolute atomic E-state index is 0.115. The molecule has 6 nitrogen and oxygen atoms in total. The summed E-state index contributed by atoms with van der Waals surface area (Å²) in [5, 5.41) is 2.65. The van der Waals surface area contributed by atoms with Crippen LogP contribution in [0.2, 0.25) is 0 Å². The lowest BCUT2D eigenvalue weighted by Crippen LogP contribution is -2.41. The largest absolute Gasteiger partial charge is 0.497 e. The van der Waals surface area contributed by atoms with E-state index in [1.165, 1.54) is 19.1 Å². The average Bonchev–Trinajstić information content (AvgIpc) is 2.56. The molecule has 2 N–H and O–H groups in total. The van der Waals surface area contributed by atoms with Gasteiger partial charge in [0.25, 0.3) is 0 Å². The van der Waals surface area contributed by atoms with Crippen LogP contribution in [0.1, 0.15) is 6.92 Å². The Kier molecular flexibility index (Phi) is 5.36. The van der Waals surface area contributed by atoms with Crippen LogP contribution in [0.25, 0.3) is 0 Å². The van der Waals surface area contributed by atoms with Crippen molar-refractivity contribution >= 4 is 21.6 Å². The molecule has 23 heavy (non-hydrogen) atoms. The van der Waals surface area contributed by atoms with Gasteiger partial charge in [-0.2, -0.15) is 4.72 Å². The maximum Gasteiger partial charge on any atom is 0.242 e. The summed E-state index contributed by atoms with van der Waals surface area (Å²) in [4.78, 5) is 12.2. The van der Waals surface area contributed by atoms with Gasteiger partial charge in [-0.3, -0.25) is 4.79 Å². The van der Waals surface area contributed by atoms with Gasteiger partial charge in [-0.25, -0.2) is 8.42 Å². The third-order valence-electron chi connectivity index (χ3n) is 3.14. The first-order valence-corrected chi connectivity index (χ1v) is 8.43. The zero-order chi connectivity index (χ0) is 16.9. The number of benzene rings is 2. The van der Waals surface area contributed by atoms with Crippen molar-refractivity contribution in [2.45, 2.75) is 17.9 Å². The van der Waals surface area contributed by atoms with Crippen molar-refractivity contribution in [3.8, 4) is 5.75 Å². The molecule has 0 unspecified atom stereocenters. The Hall–Kier alpha value is -2.38. The van der Waals surface area contributed by atoms with E-state index in [1.807, 2.05) is 0 Å². The van der Waals surface area contributed by atoms with Gasteiger partial charge < -0.3 is 10.1 Å². The summed E-state index contributed by atoms with van der Waals surface area (Å²) >= 11 is 0. The quantitative estimate of drug-likeness (QED) is 0.846. The number of sulfonamides is 1. The van der Waals surface area contributed by atoms with E-state index >= 15 is 0 Å². The lowest BCUT2D eigenvalue weighted by atomic mass is 10.2. The van der Waals surface area contributed by atoms with E-state index < -0.39 is 22.0 Å². The van der Waals surface area contributed by atoms with Crippen molar-refractivity contribution in [1.29, 1.82) is 0 Å². The third-order valence-corrected chi connectivity index (χ3v) is 4.69. The summed E-state index contributed by atoms with van der Waals surface area (Å²) in [6, 6.07) is 13.7. The second-order valence-electron chi connectivity index (χ2n) is 4.87. The van der Waals surface area contributed by atoms with E-state index in [-0.39, 0.29) is 4.90 Å². The summed E-state index contributed by atoms with van der Waals surface area (Å²) in [5.74, 6) is 0.218. The Morgan fingerprint density at radius 1 is 1.04 bits per heavy atom. The summed E-state index contributed by atoms with van der Waals surface area (Å²) in [5.41, 5.74) is 0.557. The van der Waals surface area contributed by atoms with Crippen LogP contribution < -0.4 is 14.8 Å². The maximum atomic E-state index is 12.2. The Morgan fingerprint density at radius 2 is 1.65 bits per heavy atom. The van der Waals surface area contributed by atoms with E-state index in [1.54, 1.807) is 49.6 Å². The van der Waals surface area contributed by atoms with Crippen molar-refractivity contribution in [3.63, 3.8) is 0 Å². The van der Waals surface area contributed by atoms with Crippen molar-refractivity contribution in [3.05, 3.63) is 54.6 Å². The first-order chi connectivity index (χ1) is 10.9. The van der Waals surface area contributed by atoms with Gasteiger partial charge in [0, 0.05) is 5.69 Å². The fourth-order valence-electron chi connectivity index (χ4n) is 1.88. The number of nitrogens with one attached hydrogen (secondary N) is 2. The van der Waals surface area contributed by atoms with Crippen LogP contribution in [-0.4, -0.2) is 27.5 Å². The number of carbonyl (C=O) groups excluding carboxylic acids is 1. The number of methoxy groups -OCH3 is 1. The van der Waals surface area contributed by atoms with Crippen molar-refractivity contribution < 1.29 is 17.9 Å². The molecule has 0 aliphatic heterocycles. The van der Waals surface area contributed by atoms with Crippen LogP contribution in [0.4, 0.5) is 5.69 Å². The number of amides is 1. The molecule has 0 spiro atoms. The zero-order valence-corrected chi connectivity index (χ0v) is 13.6. The first kappa shape index (κ1) is 17.0. The molecule has 0 saturated heterocycles. The Morgan fingerprint density at radius 3 is 2.22 bits per heavy atom. The maximum absolute atomic E-state index is 12.2. The highest BCUT2D eigenvalue weighted by Crippen LogP contribution is 2.15. The molecular formula is C16H18N2O4S. The van der Waals surface area contributed by atoms with Gasteiger partial charge in [-0.1, -0.05) is 18.2 Å². The van der Waals surface area contributed by atoms with E-state index in [0.29, 0.717) is 11.4 Å². The van der Waals surface area contributed by atoms with Gasteiger partial charge in [0.1, 0.15) is 5.75 Å². The summed E-state index contributed by atoms with van der Waals surface area (Å²) in [6.45, 7) is 1.49. The molecule has 122 valence electrons. The number of anilines is 1. The molecule has 0 bridgehead atoms. The molecule has 2 rings (SSSR count). The molecule has 0 heterocycles. The molecule has 0 aromatic heterocycles. The predicted molar refractivity (Wildman–Crippen MR) is 87.8 cm³/mol. The van der Waals surface area contributed by atoms with E-state index in [9.17, 15) is 13.2 Å². The highest BCUT2D eigenvalue weighted by molar-refractivity contribution is 7.89. The van der Waals surface area contributed by atoms with Gasteiger partial charge >= 0.3 is 0 Å². The third kappa shape index (κ3) is 4.54. The number of carbonyl (C=O) groups is 1. The van der Waals surface area contributed by atoms with Crippen LogP contribution in [0.3, 0.4) is 0 Å². The molecule has 2 aromatic rings. The summed E-state index contributed by atoms with van der Waals surface area (Å²) in [6.07, 6.45) is 0. The summed E-state index contributed by atoms with van der Waals surface area (Å²) in [7, 11) is -2.19. The van der Waals surface area contributed by atoms with Crippen LogP contribution in [0.15, 0.2) is 59.5 Å². The van der Waals surface area contributed by atoms with Crippen molar-refractivity contribution in [2.24, 2.45) is 0 Å². The van der Waals surface area contributed by atoms with Gasteiger partial charge in [0.15, 0.2) is 0 Å². The first-order valence-electron chi connectivity index (χ1n) is 6.94. The number of hydrogen-bond acceptors (Lipinski definition) is 4.